The third kappa shape index (κ3) is 2.54. The summed E-state index contributed by atoms with van der Waals surface area (Å²) in [6, 6.07) is 5.78. The highest BCUT2D eigenvalue weighted by atomic mass is 16.2. The number of benzene rings is 1. The Hall–Kier alpha value is -1.81. The molecule has 2 rings (SSSR count). The fraction of sp³-hybridized carbons (Fsp3) is 0.357. The van der Waals surface area contributed by atoms with Crippen molar-refractivity contribution in [3.63, 3.8) is 0 Å². The lowest BCUT2D eigenvalue weighted by Gasteiger charge is -2.07. The second kappa shape index (κ2) is 5.23. The Morgan fingerprint density at radius 3 is 3.00 bits per heavy atom. The van der Waals surface area contributed by atoms with Crippen LogP contribution in [0.3, 0.4) is 0 Å². The van der Waals surface area contributed by atoms with Crippen molar-refractivity contribution in [2.45, 2.75) is 26.3 Å². The van der Waals surface area contributed by atoms with Crippen LogP contribution in [0.1, 0.15) is 18.1 Å². The first-order valence-electron chi connectivity index (χ1n) is 6.18. The zero-order chi connectivity index (χ0) is 13.1. The lowest BCUT2D eigenvalue weighted by molar-refractivity contribution is -0.121. The van der Waals surface area contributed by atoms with E-state index in [1.54, 1.807) is 6.92 Å². The molecule has 1 heterocycles. The summed E-state index contributed by atoms with van der Waals surface area (Å²) in [5.41, 5.74) is 9.12. The maximum atomic E-state index is 11.3. The molecule has 4 N–H and O–H groups in total. The molecule has 0 radical (unpaired) electrons. The topological polar surface area (TPSA) is 70.9 Å². The number of H-pyrrole nitrogens is 1. The van der Waals surface area contributed by atoms with Crippen molar-refractivity contribution in [3.05, 3.63) is 35.5 Å². The van der Waals surface area contributed by atoms with Crippen LogP contribution < -0.4 is 11.1 Å². The zero-order valence-electron chi connectivity index (χ0n) is 10.8. The Balaban J connectivity index is 2.05. The van der Waals surface area contributed by atoms with Gasteiger partial charge in [0.1, 0.15) is 0 Å². The van der Waals surface area contributed by atoms with Crippen molar-refractivity contribution < 1.29 is 4.79 Å². The van der Waals surface area contributed by atoms with Crippen LogP contribution in [-0.2, 0) is 11.2 Å². The molecule has 0 saturated heterocycles. The highest BCUT2D eigenvalue weighted by molar-refractivity contribution is 5.86. The van der Waals surface area contributed by atoms with E-state index in [0.717, 1.165) is 6.42 Å². The molecule has 1 aromatic heterocycles. The van der Waals surface area contributed by atoms with Crippen LogP contribution in [0.5, 0.6) is 0 Å². The summed E-state index contributed by atoms with van der Waals surface area (Å²) in [7, 11) is 0. The first-order valence-corrected chi connectivity index (χ1v) is 6.18. The molecule has 0 fully saturated rings. The summed E-state index contributed by atoms with van der Waals surface area (Å²) >= 11 is 0. The van der Waals surface area contributed by atoms with Crippen LogP contribution in [0.25, 0.3) is 10.9 Å². The molecule has 0 bridgehead atoms. The van der Waals surface area contributed by atoms with Crippen molar-refractivity contribution in [1.29, 1.82) is 0 Å². The summed E-state index contributed by atoms with van der Waals surface area (Å²) in [6.07, 6.45) is 2.82. The smallest absolute Gasteiger partial charge is 0.236 e. The zero-order valence-corrected chi connectivity index (χ0v) is 10.8. The second-order valence-electron chi connectivity index (χ2n) is 4.64. The van der Waals surface area contributed by atoms with E-state index in [1.807, 2.05) is 6.20 Å². The maximum Gasteiger partial charge on any atom is 0.236 e. The van der Waals surface area contributed by atoms with Crippen LogP contribution in [-0.4, -0.2) is 23.5 Å². The van der Waals surface area contributed by atoms with E-state index < -0.39 is 6.04 Å². The fourth-order valence-corrected chi connectivity index (χ4v) is 2.05. The van der Waals surface area contributed by atoms with Gasteiger partial charge in [-0.1, -0.05) is 18.2 Å². The van der Waals surface area contributed by atoms with Gasteiger partial charge < -0.3 is 16.0 Å². The molecule has 2 aromatic rings. The van der Waals surface area contributed by atoms with Gasteiger partial charge in [0.05, 0.1) is 6.04 Å². The van der Waals surface area contributed by atoms with Gasteiger partial charge in [-0.15, -0.1) is 0 Å². The van der Waals surface area contributed by atoms with Gasteiger partial charge in [0.2, 0.25) is 5.91 Å². The number of rotatable bonds is 4. The Labute approximate surface area is 107 Å². The van der Waals surface area contributed by atoms with Gasteiger partial charge in [-0.2, -0.15) is 0 Å². The molecule has 0 aliphatic carbocycles. The first-order chi connectivity index (χ1) is 8.59. The number of aromatic amines is 1. The van der Waals surface area contributed by atoms with Crippen LogP contribution in [0, 0.1) is 6.92 Å². The van der Waals surface area contributed by atoms with Gasteiger partial charge in [-0.25, -0.2) is 0 Å². The fourth-order valence-electron chi connectivity index (χ4n) is 2.05. The number of carbonyl (C=O) groups excluding carboxylic acids is 1. The average molecular weight is 245 g/mol. The van der Waals surface area contributed by atoms with Crippen molar-refractivity contribution in [2.24, 2.45) is 5.73 Å². The number of amides is 1. The SMILES string of the molecule is Cc1cccc2c(CCNC(=O)[C@H](C)N)c[nH]c12. The van der Waals surface area contributed by atoms with Crippen molar-refractivity contribution in [3.8, 4) is 0 Å². The minimum atomic E-state index is -0.449. The van der Waals surface area contributed by atoms with Crippen LogP contribution >= 0.6 is 0 Å². The van der Waals surface area contributed by atoms with Crippen LogP contribution in [0.2, 0.25) is 0 Å². The molecule has 1 amide bonds. The van der Waals surface area contributed by atoms with Gasteiger partial charge in [0.25, 0.3) is 0 Å². The molecular formula is C14H19N3O. The third-order valence-corrected chi connectivity index (χ3v) is 3.12. The van der Waals surface area contributed by atoms with E-state index in [4.69, 9.17) is 5.73 Å². The number of nitrogens with one attached hydrogen (secondary N) is 2. The molecule has 96 valence electrons. The molecule has 0 aliphatic heterocycles. The monoisotopic (exact) mass is 245 g/mol. The van der Waals surface area contributed by atoms with Gasteiger partial charge in [-0.3, -0.25) is 4.79 Å². The Morgan fingerprint density at radius 1 is 1.50 bits per heavy atom. The number of aryl methyl sites for hydroxylation is 1. The molecule has 0 unspecified atom stereocenters. The van der Waals surface area contributed by atoms with Gasteiger partial charge >= 0.3 is 0 Å². The molecule has 0 aliphatic rings. The van der Waals surface area contributed by atoms with Crippen LogP contribution in [0.15, 0.2) is 24.4 Å². The van der Waals surface area contributed by atoms with Crippen molar-refractivity contribution in [1.82, 2.24) is 10.3 Å². The summed E-state index contributed by atoms with van der Waals surface area (Å²) < 4.78 is 0. The average Bonchev–Trinajstić information content (AvgIpc) is 2.74. The molecule has 1 aromatic carbocycles. The number of carbonyl (C=O) groups is 1. The number of fused-ring (bicyclic) bond motifs is 1. The number of hydrogen-bond acceptors (Lipinski definition) is 2. The lowest BCUT2D eigenvalue weighted by atomic mass is 10.1. The number of aromatic nitrogens is 1. The predicted molar refractivity (Wildman–Crippen MR) is 73.4 cm³/mol. The van der Waals surface area contributed by atoms with E-state index in [2.05, 4.69) is 35.4 Å². The van der Waals surface area contributed by atoms with E-state index in [9.17, 15) is 4.79 Å². The van der Waals surface area contributed by atoms with Crippen LogP contribution in [0.4, 0.5) is 0 Å². The van der Waals surface area contributed by atoms with Gasteiger partial charge in [0.15, 0.2) is 0 Å². The summed E-state index contributed by atoms with van der Waals surface area (Å²) in [5, 5.41) is 4.05. The highest BCUT2D eigenvalue weighted by Gasteiger charge is 2.08. The van der Waals surface area contributed by atoms with E-state index in [0.29, 0.717) is 6.54 Å². The van der Waals surface area contributed by atoms with E-state index >= 15 is 0 Å². The van der Waals surface area contributed by atoms with Crippen molar-refractivity contribution in [2.75, 3.05) is 6.54 Å². The largest absolute Gasteiger partial charge is 0.361 e. The standard InChI is InChI=1S/C14H19N3O/c1-9-4-3-5-12-11(8-17-13(9)12)6-7-16-14(18)10(2)15/h3-5,8,10,17H,6-7,15H2,1-2H3,(H,16,18)/t10-/m0/s1. The minimum absolute atomic E-state index is 0.106. The Bertz CT molecular complexity index is 557. The molecule has 4 nitrogen and oxygen atoms in total. The Kier molecular flexibility index (Phi) is 3.67. The number of hydrogen-bond donors (Lipinski definition) is 3. The quantitative estimate of drug-likeness (QED) is 0.763. The third-order valence-electron chi connectivity index (χ3n) is 3.12. The minimum Gasteiger partial charge on any atom is -0.361 e. The lowest BCUT2D eigenvalue weighted by Crippen LogP contribution is -2.39. The van der Waals surface area contributed by atoms with E-state index in [-0.39, 0.29) is 5.91 Å². The van der Waals surface area contributed by atoms with E-state index in [1.165, 1.54) is 22.0 Å². The second-order valence-corrected chi connectivity index (χ2v) is 4.64. The summed E-state index contributed by atoms with van der Waals surface area (Å²) in [5.74, 6) is -0.106. The van der Waals surface area contributed by atoms with Gasteiger partial charge in [-0.05, 0) is 31.4 Å². The Morgan fingerprint density at radius 2 is 2.28 bits per heavy atom. The predicted octanol–water partition coefficient (Wildman–Crippen LogP) is 1.48. The molecule has 4 heteroatoms. The highest BCUT2D eigenvalue weighted by Crippen LogP contribution is 2.21. The summed E-state index contributed by atoms with van der Waals surface area (Å²) in [6.45, 7) is 4.38. The molecule has 1 atom stereocenters. The first kappa shape index (κ1) is 12.6. The molecule has 0 spiro atoms. The maximum absolute atomic E-state index is 11.3. The van der Waals surface area contributed by atoms with Gasteiger partial charge in [0, 0.05) is 23.6 Å². The number of nitrogens with two attached hydrogens (primary N) is 1. The molecule has 18 heavy (non-hydrogen) atoms. The number of para-hydroxylation sites is 1. The normalized spacial score (nSPS) is 12.6. The summed E-state index contributed by atoms with van der Waals surface area (Å²) in [4.78, 5) is 14.6. The molecular weight excluding hydrogens is 226 g/mol. The van der Waals surface area contributed by atoms with Crippen molar-refractivity contribution >= 4 is 16.8 Å². The molecule has 0 saturated carbocycles.